The SMILES string of the molecule is C=CC(=O)N1[C@H](C)CN(c2c(C#N)c(=O)n(C3C(C(C)C)=NC=C[C@H]3C)c3nc(-c4c(F)c(N)c(F)c(Cl)c4Cl)c(Cl)cc23)C[C@@H]1C. The molecule has 3 aromatic rings. The number of aromatic nitrogens is 2. The molecule has 2 aliphatic heterocycles. The Morgan fingerprint density at radius 2 is 1.79 bits per heavy atom. The summed E-state index contributed by atoms with van der Waals surface area (Å²) in [6.45, 7) is 13.6. The number of aliphatic imine (C=N–C) groups is 1. The van der Waals surface area contributed by atoms with Crippen LogP contribution in [0.25, 0.3) is 22.3 Å². The van der Waals surface area contributed by atoms with Gasteiger partial charge in [0.25, 0.3) is 5.56 Å². The lowest BCUT2D eigenvalue weighted by atomic mass is 9.88. The standard InChI is InChI=1S/C33H32Cl3F2N7O2/c1-7-21(46)44-16(5)12-43(13-17(44)6)31-18-10-20(34)29(22-23(35)24(36)26(38)27(40)25(22)37)42-32(18)45(33(47)19(31)11-39)30-15(4)8-9-41-28(30)14(2)3/h7-10,14-17,30H,1,12-13,40H2,2-6H3/t15-,16-,17+,30?/m1/s1. The predicted octanol–water partition coefficient (Wildman–Crippen LogP) is 7.17. The van der Waals surface area contributed by atoms with Gasteiger partial charge in [-0.15, -0.1) is 0 Å². The van der Waals surface area contributed by atoms with Crippen molar-refractivity contribution in [2.75, 3.05) is 23.7 Å². The maximum atomic E-state index is 15.6. The van der Waals surface area contributed by atoms with Gasteiger partial charge in [-0.2, -0.15) is 5.26 Å². The lowest BCUT2D eigenvalue weighted by molar-refractivity contribution is -0.130. The zero-order valence-electron chi connectivity index (χ0n) is 26.3. The first-order valence-corrected chi connectivity index (χ1v) is 16.0. The summed E-state index contributed by atoms with van der Waals surface area (Å²) < 4.78 is 31.6. The second-order valence-corrected chi connectivity index (χ2v) is 13.3. The number of nitrogen functional groups attached to an aromatic ring is 1. The third kappa shape index (κ3) is 5.56. The molecular formula is C33H32Cl3F2N7O2. The zero-order valence-corrected chi connectivity index (χ0v) is 28.6. The summed E-state index contributed by atoms with van der Waals surface area (Å²) in [6.07, 6.45) is 4.75. The Bertz CT molecular complexity index is 1960. The molecule has 246 valence electrons. The van der Waals surface area contributed by atoms with E-state index >= 15 is 4.39 Å². The molecule has 1 unspecified atom stereocenters. The molecule has 1 amide bonds. The van der Waals surface area contributed by atoms with Gasteiger partial charge in [0.1, 0.15) is 23.0 Å². The van der Waals surface area contributed by atoms with Crippen LogP contribution >= 0.6 is 34.8 Å². The number of hydrogen-bond donors (Lipinski definition) is 1. The first-order valence-electron chi connectivity index (χ1n) is 14.9. The minimum absolute atomic E-state index is 0.0586. The van der Waals surface area contributed by atoms with Gasteiger partial charge in [0.05, 0.1) is 38.1 Å². The molecule has 14 heteroatoms. The van der Waals surface area contributed by atoms with Crippen LogP contribution in [0.4, 0.5) is 20.2 Å². The number of pyridine rings is 2. The van der Waals surface area contributed by atoms with Crippen molar-refractivity contribution < 1.29 is 13.6 Å². The fourth-order valence-corrected chi connectivity index (χ4v) is 7.33. The molecule has 1 aromatic carbocycles. The van der Waals surface area contributed by atoms with Crippen molar-refractivity contribution in [1.29, 1.82) is 5.26 Å². The van der Waals surface area contributed by atoms with E-state index in [1.165, 1.54) is 16.7 Å². The molecule has 4 atom stereocenters. The van der Waals surface area contributed by atoms with Crippen molar-refractivity contribution in [3.05, 3.63) is 73.6 Å². The number of allylic oxidation sites excluding steroid dienone is 1. The summed E-state index contributed by atoms with van der Waals surface area (Å²) in [4.78, 5) is 40.1. The highest BCUT2D eigenvalue weighted by Crippen LogP contribution is 2.45. The van der Waals surface area contributed by atoms with Crippen LogP contribution in [0.5, 0.6) is 0 Å². The fraction of sp³-hybridized carbons (Fsp3) is 0.364. The van der Waals surface area contributed by atoms with Crippen LogP contribution in [-0.4, -0.2) is 51.2 Å². The number of nitriles is 1. The molecule has 4 heterocycles. The van der Waals surface area contributed by atoms with Crippen molar-refractivity contribution in [2.45, 2.75) is 52.7 Å². The van der Waals surface area contributed by atoms with E-state index < -0.39 is 44.5 Å². The molecule has 0 spiro atoms. The van der Waals surface area contributed by atoms with Gasteiger partial charge in [0.15, 0.2) is 11.6 Å². The lowest BCUT2D eigenvalue weighted by Gasteiger charge is -2.45. The molecule has 9 nitrogen and oxygen atoms in total. The average Bonchev–Trinajstić information content (AvgIpc) is 3.02. The highest BCUT2D eigenvalue weighted by Gasteiger charge is 2.37. The summed E-state index contributed by atoms with van der Waals surface area (Å²) in [5.41, 5.74) is 4.33. The van der Waals surface area contributed by atoms with Gasteiger partial charge in [-0.05, 0) is 31.9 Å². The van der Waals surface area contributed by atoms with E-state index in [1.54, 1.807) is 11.1 Å². The summed E-state index contributed by atoms with van der Waals surface area (Å²) in [7, 11) is 0. The Morgan fingerprint density at radius 1 is 1.15 bits per heavy atom. The van der Waals surface area contributed by atoms with Crippen molar-refractivity contribution in [3.8, 4) is 17.3 Å². The molecule has 2 aromatic heterocycles. The topological polar surface area (TPSA) is 121 Å². The van der Waals surface area contributed by atoms with Gasteiger partial charge in [0, 0.05) is 48.4 Å². The van der Waals surface area contributed by atoms with Gasteiger partial charge in [-0.25, -0.2) is 13.8 Å². The van der Waals surface area contributed by atoms with Crippen LogP contribution in [0.2, 0.25) is 15.1 Å². The second-order valence-electron chi connectivity index (χ2n) is 12.2. The molecule has 2 aliphatic rings. The summed E-state index contributed by atoms with van der Waals surface area (Å²) in [6, 6.07) is 2.26. The van der Waals surface area contributed by atoms with E-state index in [0.717, 1.165) is 0 Å². The van der Waals surface area contributed by atoms with Crippen LogP contribution in [0.1, 0.15) is 46.2 Å². The number of piperazine rings is 1. The molecule has 0 saturated carbocycles. The van der Waals surface area contributed by atoms with Gasteiger partial charge < -0.3 is 15.5 Å². The number of benzene rings is 1. The number of carbonyl (C=O) groups excluding carboxylic acids is 1. The van der Waals surface area contributed by atoms with Gasteiger partial charge in [-0.1, -0.05) is 68.2 Å². The molecule has 47 heavy (non-hydrogen) atoms. The average molecular weight is 703 g/mol. The van der Waals surface area contributed by atoms with Crippen LogP contribution in [0, 0.1) is 34.8 Å². The number of amides is 1. The van der Waals surface area contributed by atoms with Crippen LogP contribution in [-0.2, 0) is 4.79 Å². The number of anilines is 2. The van der Waals surface area contributed by atoms with Gasteiger partial charge in [0.2, 0.25) is 5.91 Å². The van der Waals surface area contributed by atoms with Gasteiger partial charge >= 0.3 is 0 Å². The Kier molecular flexibility index (Phi) is 9.43. The molecule has 0 aliphatic carbocycles. The number of rotatable bonds is 5. The number of carbonyl (C=O) groups is 1. The lowest BCUT2D eigenvalue weighted by Crippen LogP contribution is -2.58. The number of fused-ring (bicyclic) bond motifs is 1. The van der Waals surface area contributed by atoms with Crippen LogP contribution in [0.3, 0.4) is 0 Å². The van der Waals surface area contributed by atoms with Crippen LogP contribution < -0.4 is 16.2 Å². The smallest absolute Gasteiger partial charge is 0.272 e. The minimum atomic E-state index is -1.23. The monoisotopic (exact) mass is 701 g/mol. The summed E-state index contributed by atoms with van der Waals surface area (Å²) in [5, 5.41) is 9.61. The normalized spacial score (nSPS) is 21.3. The molecule has 0 radical (unpaired) electrons. The molecule has 1 fully saturated rings. The maximum Gasteiger partial charge on any atom is 0.272 e. The highest BCUT2D eigenvalue weighted by atomic mass is 35.5. The predicted molar refractivity (Wildman–Crippen MR) is 183 cm³/mol. The molecule has 5 rings (SSSR count). The van der Waals surface area contributed by atoms with Crippen molar-refractivity contribution >= 4 is 68.8 Å². The van der Waals surface area contributed by atoms with E-state index in [-0.39, 0.29) is 70.5 Å². The Labute approximate surface area is 285 Å². The van der Waals surface area contributed by atoms with E-state index in [2.05, 4.69) is 17.6 Å². The first kappa shape index (κ1) is 34.4. The second kappa shape index (κ2) is 12.9. The fourth-order valence-electron chi connectivity index (χ4n) is 6.63. The zero-order chi connectivity index (χ0) is 34.6. The molecule has 1 saturated heterocycles. The maximum absolute atomic E-state index is 15.6. The van der Waals surface area contributed by atoms with Crippen molar-refractivity contribution in [2.24, 2.45) is 16.8 Å². The number of halogens is 5. The van der Waals surface area contributed by atoms with E-state index in [1.807, 2.05) is 45.6 Å². The number of nitrogens with two attached hydrogens (primary N) is 1. The molecule has 0 bridgehead atoms. The van der Waals surface area contributed by atoms with Crippen molar-refractivity contribution in [1.82, 2.24) is 14.5 Å². The van der Waals surface area contributed by atoms with E-state index in [9.17, 15) is 19.2 Å². The Hall–Kier alpha value is -3.98. The molecular weight excluding hydrogens is 671 g/mol. The largest absolute Gasteiger partial charge is 0.394 e. The third-order valence-electron chi connectivity index (χ3n) is 8.70. The first-order chi connectivity index (χ1) is 22.2. The summed E-state index contributed by atoms with van der Waals surface area (Å²) in [5.74, 6) is -3.07. The summed E-state index contributed by atoms with van der Waals surface area (Å²) >= 11 is 19.3. The highest BCUT2D eigenvalue weighted by molar-refractivity contribution is 6.44. The Morgan fingerprint density at radius 3 is 2.36 bits per heavy atom. The third-order valence-corrected chi connectivity index (χ3v) is 9.82. The van der Waals surface area contributed by atoms with Crippen molar-refractivity contribution in [3.63, 3.8) is 0 Å². The number of nitrogens with zero attached hydrogens (tertiary/aromatic N) is 6. The minimum Gasteiger partial charge on any atom is -0.394 e. The quantitative estimate of drug-likeness (QED) is 0.130. The van der Waals surface area contributed by atoms with E-state index in [0.29, 0.717) is 11.1 Å². The number of hydrogen-bond acceptors (Lipinski definition) is 7. The van der Waals surface area contributed by atoms with E-state index in [4.69, 9.17) is 45.5 Å². The molecule has 2 N–H and O–H groups in total. The van der Waals surface area contributed by atoms with Crippen LogP contribution in [0.15, 0.2) is 40.8 Å². The Balaban J connectivity index is 1.91. The van der Waals surface area contributed by atoms with Gasteiger partial charge in [-0.3, -0.25) is 19.1 Å².